The van der Waals surface area contributed by atoms with E-state index < -0.39 is 0 Å². The van der Waals surface area contributed by atoms with Gasteiger partial charge < -0.3 is 15.2 Å². The number of hydrogen-bond donors (Lipinski definition) is 2. The van der Waals surface area contributed by atoms with E-state index in [1.807, 2.05) is 12.1 Å². The number of hydrogen-bond acceptors (Lipinski definition) is 3. The van der Waals surface area contributed by atoms with E-state index in [0.717, 1.165) is 12.1 Å². The molecule has 3 heteroatoms. The van der Waals surface area contributed by atoms with Gasteiger partial charge in [0.2, 0.25) is 0 Å². The minimum atomic E-state index is 0.119. The van der Waals surface area contributed by atoms with Gasteiger partial charge in [0, 0.05) is 12.6 Å². The second-order valence-electron chi connectivity index (χ2n) is 5.07. The first kappa shape index (κ1) is 11.2. The van der Waals surface area contributed by atoms with Gasteiger partial charge in [-0.05, 0) is 30.4 Å². The Morgan fingerprint density at radius 1 is 1.18 bits per heavy atom. The Balaban J connectivity index is 1.53. The second-order valence-corrected chi connectivity index (χ2v) is 5.07. The molecular weight excluding hydrogens is 214 g/mol. The Bertz CT molecular complexity index is 376. The number of aliphatic hydroxyl groups excluding tert-OH is 1. The molecule has 2 aliphatic rings. The van der Waals surface area contributed by atoms with Crippen molar-refractivity contribution in [3.63, 3.8) is 0 Å². The molecule has 0 radical (unpaired) electrons. The Morgan fingerprint density at radius 3 is 2.53 bits per heavy atom. The largest absolute Gasteiger partial charge is 0.392 e. The highest BCUT2D eigenvalue weighted by Crippen LogP contribution is 2.34. The fraction of sp³-hybridized carbons (Fsp3) is 0.571. The Hall–Kier alpha value is -0.900. The zero-order valence-electron chi connectivity index (χ0n) is 9.93. The maximum absolute atomic E-state index is 8.97. The standard InChI is InChI=1S/C14H19NO2/c16-9-11-3-1-10(2-4-11)8-15-13-7-12-5-6-14(13)17-12/h1-4,12-16H,5-9H2. The Kier molecular flexibility index (Phi) is 3.14. The van der Waals surface area contributed by atoms with Gasteiger partial charge in [-0.1, -0.05) is 24.3 Å². The van der Waals surface area contributed by atoms with Crippen molar-refractivity contribution < 1.29 is 9.84 Å². The number of fused-ring (bicyclic) bond motifs is 2. The fourth-order valence-electron chi connectivity index (χ4n) is 2.86. The van der Waals surface area contributed by atoms with Crippen molar-refractivity contribution in [3.05, 3.63) is 35.4 Å². The highest BCUT2D eigenvalue weighted by Gasteiger charge is 2.40. The third kappa shape index (κ3) is 2.37. The van der Waals surface area contributed by atoms with E-state index in [-0.39, 0.29) is 6.61 Å². The van der Waals surface area contributed by atoms with Crippen LogP contribution in [0.1, 0.15) is 30.4 Å². The van der Waals surface area contributed by atoms with Crippen molar-refractivity contribution in [2.24, 2.45) is 0 Å². The minimum absolute atomic E-state index is 0.119. The van der Waals surface area contributed by atoms with Crippen LogP contribution in [0.5, 0.6) is 0 Å². The molecular formula is C14H19NO2. The van der Waals surface area contributed by atoms with E-state index in [4.69, 9.17) is 9.84 Å². The van der Waals surface area contributed by atoms with Crippen LogP contribution in [0.3, 0.4) is 0 Å². The molecule has 92 valence electrons. The summed E-state index contributed by atoms with van der Waals surface area (Å²) in [6.45, 7) is 1.01. The van der Waals surface area contributed by atoms with Gasteiger partial charge in [-0.15, -0.1) is 0 Å². The average Bonchev–Trinajstić information content (AvgIpc) is 2.99. The fourth-order valence-corrected chi connectivity index (χ4v) is 2.86. The summed E-state index contributed by atoms with van der Waals surface area (Å²) in [6, 6.07) is 8.65. The van der Waals surface area contributed by atoms with E-state index in [9.17, 15) is 0 Å². The van der Waals surface area contributed by atoms with E-state index in [1.165, 1.54) is 24.8 Å². The van der Waals surface area contributed by atoms with Crippen LogP contribution in [-0.2, 0) is 17.9 Å². The molecule has 2 aliphatic heterocycles. The summed E-state index contributed by atoms with van der Waals surface area (Å²) >= 11 is 0. The number of aliphatic hydroxyl groups is 1. The first-order chi connectivity index (χ1) is 8.35. The summed E-state index contributed by atoms with van der Waals surface area (Å²) < 4.78 is 5.81. The SMILES string of the molecule is OCc1ccc(CNC2CC3CCC2O3)cc1. The summed E-state index contributed by atoms with van der Waals surface area (Å²) in [6.07, 6.45) is 4.57. The molecule has 1 aromatic rings. The summed E-state index contributed by atoms with van der Waals surface area (Å²) in [7, 11) is 0. The van der Waals surface area contributed by atoms with Crippen molar-refractivity contribution in [2.45, 2.75) is 50.7 Å². The highest BCUT2D eigenvalue weighted by atomic mass is 16.5. The molecule has 2 heterocycles. The summed E-state index contributed by atoms with van der Waals surface area (Å²) in [5.41, 5.74) is 2.24. The van der Waals surface area contributed by atoms with Crippen LogP contribution in [-0.4, -0.2) is 23.4 Å². The van der Waals surface area contributed by atoms with Gasteiger partial charge in [-0.25, -0.2) is 0 Å². The molecule has 1 aromatic carbocycles. The third-order valence-electron chi connectivity index (χ3n) is 3.88. The first-order valence-corrected chi connectivity index (χ1v) is 6.42. The molecule has 3 nitrogen and oxygen atoms in total. The number of rotatable bonds is 4. The Morgan fingerprint density at radius 2 is 1.94 bits per heavy atom. The van der Waals surface area contributed by atoms with Crippen LogP contribution in [0.4, 0.5) is 0 Å². The Labute approximate surface area is 102 Å². The summed E-state index contributed by atoms with van der Waals surface area (Å²) in [4.78, 5) is 0. The molecule has 2 N–H and O–H groups in total. The van der Waals surface area contributed by atoms with Crippen LogP contribution < -0.4 is 5.32 Å². The molecule has 0 saturated carbocycles. The second kappa shape index (κ2) is 4.77. The van der Waals surface area contributed by atoms with Crippen LogP contribution in [0.15, 0.2) is 24.3 Å². The summed E-state index contributed by atoms with van der Waals surface area (Å²) in [5.74, 6) is 0. The lowest BCUT2D eigenvalue weighted by atomic mass is 9.95. The molecule has 2 saturated heterocycles. The predicted molar refractivity (Wildman–Crippen MR) is 65.5 cm³/mol. The maximum Gasteiger partial charge on any atom is 0.0733 e. The van der Waals surface area contributed by atoms with Crippen molar-refractivity contribution >= 4 is 0 Å². The molecule has 0 amide bonds. The molecule has 17 heavy (non-hydrogen) atoms. The topological polar surface area (TPSA) is 41.5 Å². The van der Waals surface area contributed by atoms with Crippen LogP contribution in [0, 0.1) is 0 Å². The molecule has 0 aliphatic carbocycles. The number of nitrogens with one attached hydrogen (secondary N) is 1. The predicted octanol–water partition coefficient (Wildman–Crippen LogP) is 1.59. The minimum Gasteiger partial charge on any atom is -0.392 e. The first-order valence-electron chi connectivity index (χ1n) is 6.42. The van der Waals surface area contributed by atoms with Crippen molar-refractivity contribution in [1.29, 1.82) is 0 Å². The number of benzene rings is 1. The van der Waals surface area contributed by atoms with E-state index in [0.29, 0.717) is 18.2 Å². The van der Waals surface area contributed by atoms with Gasteiger partial charge in [-0.3, -0.25) is 0 Å². The lowest BCUT2D eigenvalue weighted by Gasteiger charge is -2.20. The average molecular weight is 233 g/mol. The molecule has 0 aromatic heterocycles. The zero-order chi connectivity index (χ0) is 11.7. The van der Waals surface area contributed by atoms with Crippen molar-refractivity contribution in [2.75, 3.05) is 0 Å². The van der Waals surface area contributed by atoms with Gasteiger partial charge in [-0.2, -0.15) is 0 Å². The molecule has 3 rings (SSSR count). The van der Waals surface area contributed by atoms with Gasteiger partial charge >= 0.3 is 0 Å². The van der Waals surface area contributed by atoms with E-state index in [2.05, 4.69) is 17.4 Å². The molecule has 2 bridgehead atoms. The van der Waals surface area contributed by atoms with Gasteiger partial charge in [0.25, 0.3) is 0 Å². The van der Waals surface area contributed by atoms with Crippen molar-refractivity contribution in [1.82, 2.24) is 5.32 Å². The lowest BCUT2D eigenvalue weighted by Crippen LogP contribution is -2.36. The molecule has 3 unspecified atom stereocenters. The quantitative estimate of drug-likeness (QED) is 0.830. The third-order valence-corrected chi connectivity index (χ3v) is 3.88. The van der Waals surface area contributed by atoms with Crippen LogP contribution in [0.2, 0.25) is 0 Å². The highest BCUT2D eigenvalue weighted by molar-refractivity contribution is 5.22. The normalized spacial score (nSPS) is 31.0. The number of ether oxygens (including phenoxy) is 1. The zero-order valence-corrected chi connectivity index (χ0v) is 9.93. The van der Waals surface area contributed by atoms with Crippen molar-refractivity contribution in [3.8, 4) is 0 Å². The maximum atomic E-state index is 8.97. The van der Waals surface area contributed by atoms with Crippen LogP contribution >= 0.6 is 0 Å². The molecule has 3 atom stereocenters. The van der Waals surface area contributed by atoms with Gasteiger partial charge in [0.1, 0.15) is 0 Å². The van der Waals surface area contributed by atoms with Gasteiger partial charge in [0.15, 0.2) is 0 Å². The van der Waals surface area contributed by atoms with E-state index >= 15 is 0 Å². The smallest absolute Gasteiger partial charge is 0.0733 e. The molecule has 2 fully saturated rings. The van der Waals surface area contributed by atoms with Crippen LogP contribution in [0.25, 0.3) is 0 Å². The van der Waals surface area contributed by atoms with E-state index in [1.54, 1.807) is 0 Å². The lowest BCUT2D eigenvalue weighted by molar-refractivity contribution is 0.0973. The van der Waals surface area contributed by atoms with Gasteiger partial charge in [0.05, 0.1) is 18.8 Å². The molecule has 0 spiro atoms. The summed E-state index contributed by atoms with van der Waals surface area (Å²) in [5, 5.41) is 12.5. The monoisotopic (exact) mass is 233 g/mol.